The largest absolute Gasteiger partial charge is 0.492 e. The van der Waals surface area contributed by atoms with Gasteiger partial charge in [0.1, 0.15) is 12.4 Å². The fourth-order valence-electron chi connectivity index (χ4n) is 1.67. The van der Waals surface area contributed by atoms with Crippen LogP contribution in [0.1, 0.15) is 17.4 Å². The van der Waals surface area contributed by atoms with Gasteiger partial charge in [-0.15, -0.1) is 11.3 Å². The Balaban J connectivity index is 1.61. The van der Waals surface area contributed by atoms with Crippen molar-refractivity contribution in [1.29, 1.82) is 0 Å². The molecule has 0 aliphatic carbocycles. The molecule has 0 bridgehead atoms. The molecular weight excluding hydrogens is 242 g/mol. The molecule has 1 aromatic carbocycles. The smallest absolute Gasteiger partial charge is 0.119 e. The molecule has 0 aliphatic rings. The van der Waals surface area contributed by atoms with Gasteiger partial charge in [-0.25, -0.2) is 0 Å². The van der Waals surface area contributed by atoms with Gasteiger partial charge in [-0.2, -0.15) is 0 Å². The molecule has 0 saturated carbocycles. The van der Waals surface area contributed by atoms with Gasteiger partial charge in [0.15, 0.2) is 0 Å². The van der Waals surface area contributed by atoms with Crippen molar-refractivity contribution < 1.29 is 4.74 Å². The molecule has 1 heterocycles. The van der Waals surface area contributed by atoms with E-state index in [1.165, 1.54) is 10.4 Å². The van der Waals surface area contributed by atoms with Crippen LogP contribution in [0.25, 0.3) is 0 Å². The molecule has 2 aromatic rings. The average molecular weight is 261 g/mol. The fourth-order valence-corrected chi connectivity index (χ4v) is 2.62. The Morgan fingerprint density at radius 1 is 1.22 bits per heavy atom. The number of para-hydroxylation sites is 1. The van der Waals surface area contributed by atoms with Gasteiger partial charge in [0.05, 0.1) is 0 Å². The standard InChI is InChI=1S/C15H19NOS/c1-2-13-10-15(18-12-13)11-16-8-9-17-14-6-4-3-5-7-14/h3-7,10,12,16H,2,8-9,11H2,1H3. The highest BCUT2D eigenvalue weighted by atomic mass is 32.1. The summed E-state index contributed by atoms with van der Waals surface area (Å²) in [6.45, 7) is 4.69. The molecule has 0 amide bonds. The molecular formula is C15H19NOS. The SMILES string of the molecule is CCc1csc(CNCCOc2ccccc2)c1. The van der Waals surface area contributed by atoms with Crippen molar-refractivity contribution in [2.75, 3.05) is 13.2 Å². The molecule has 1 aromatic heterocycles. The van der Waals surface area contributed by atoms with E-state index in [0.29, 0.717) is 6.61 Å². The second kappa shape index (κ2) is 7.19. The predicted molar refractivity (Wildman–Crippen MR) is 77.3 cm³/mol. The number of thiophene rings is 1. The first-order chi connectivity index (χ1) is 8.88. The molecule has 1 N–H and O–H groups in total. The van der Waals surface area contributed by atoms with Gasteiger partial charge in [-0.05, 0) is 35.6 Å². The highest BCUT2D eigenvalue weighted by molar-refractivity contribution is 7.10. The highest BCUT2D eigenvalue weighted by Crippen LogP contribution is 2.14. The van der Waals surface area contributed by atoms with Crippen LogP contribution < -0.4 is 10.1 Å². The van der Waals surface area contributed by atoms with E-state index in [4.69, 9.17) is 4.74 Å². The predicted octanol–water partition coefficient (Wildman–Crippen LogP) is 3.48. The van der Waals surface area contributed by atoms with Crippen molar-refractivity contribution in [2.24, 2.45) is 0 Å². The van der Waals surface area contributed by atoms with Crippen LogP contribution in [0, 0.1) is 0 Å². The fraction of sp³-hybridized carbons (Fsp3) is 0.333. The minimum absolute atomic E-state index is 0.704. The van der Waals surface area contributed by atoms with Gasteiger partial charge in [-0.1, -0.05) is 25.1 Å². The van der Waals surface area contributed by atoms with Crippen LogP contribution in [-0.2, 0) is 13.0 Å². The lowest BCUT2D eigenvalue weighted by Gasteiger charge is -2.06. The number of rotatable bonds is 7. The first-order valence-electron chi connectivity index (χ1n) is 6.33. The topological polar surface area (TPSA) is 21.3 Å². The summed E-state index contributed by atoms with van der Waals surface area (Å²) in [5.41, 5.74) is 1.43. The third kappa shape index (κ3) is 4.17. The second-order valence-corrected chi connectivity index (χ2v) is 5.11. The molecule has 0 aliphatic heterocycles. The number of aryl methyl sites for hydroxylation is 1. The average Bonchev–Trinajstić information content (AvgIpc) is 2.87. The van der Waals surface area contributed by atoms with Crippen molar-refractivity contribution in [3.8, 4) is 5.75 Å². The van der Waals surface area contributed by atoms with Crippen LogP contribution in [0.15, 0.2) is 41.8 Å². The van der Waals surface area contributed by atoms with Crippen molar-refractivity contribution in [1.82, 2.24) is 5.32 Å². The van der Waals surface area contributed by atoms with E-state index in [1.54, 1.807) is 0 Å². The summed E-state index contributed by atoms with van der Waals surface area (Å²) < 4.78 is 5.61. The molecule has 0 unspecified atom stereocenters. The number of hydrogen-bond acceptors (Lipinski definition) is 3. The lowest BCUT2D eigenvalue weighted by Crippen LogP contribution is -2.20. The van der Waals surface area contributed by atoms with E-state index in [9.17, 15) is 0 Å². The summed E-state index contributed by atoms with van der Waals surface area (Å²) >= 11 is 1.83. The quantitative estimate of drug-likeness (QED) is 0.770. The number of ether oxygens (including phenoxy) is 1. The van der Waals surface area contributed by atoms with Gasteiger partial charge in [-0.3, -0.25) is 0 Å². The number of nitrogens with one attached hydrogen (secondary N) is 1. The zero-order valence-electron chi connectivity index (χ0n) is 10.7. The van der Waals surface area contributed by atoms with Gasteiger partial charge in [0.2, 0.25) is 0 Å². The minimum Gasteiger partial charge on any atom is -0.492 e. The lowest BCUT2D eigenvalue weighted by molar-refractivity contribution is 0.314. The Labute approximate surface area is 113 Å². The molecule has 0 spiro atoms. The number of hydrogen-bond donors (Lipinski definition) is 1. The van der Waals surface area contributed by atoms with Crippen molar-refractivity contribution in [2.45, 2.75) is 19.9 Å². The molecule has 0 saturated heterocycles. The van der Waals surface area contributed by atoms with Gasteiger partial charge in [0.25, 0.3) is 0 Å². The zero-order valence-corrected chi connectivity index (χ0v) is 11.5. The van der Waals surface area contributed by atoms with Gasteiger partial charge < -0.3 is 10.1 Å². The Morgan fingerprint density at radius 3 is 2.78 bits per heavy atom. The highest BCUT2D eigenvalue weighted by Gasteiger charge is 1.98. The minimum atomic E-state index is 0.704. The third-order valence-electron chi connectivity index (χ3n) is 2.71. The van der Waals surface area contributed by atoms with Crippen LogP contribution in [0.2, 0.25) is 0 Å². The Morgan fingerprint density at radius 2 is 2.06 bits per heavy atom. The summed E-state index contributed by atoms with van der Waals surface area (Å²) in [6.07, 6.45) is 1.12. The Kier molecular flexibility index (Phi) is 5.24. The van der Waals surface area contributed by atoms with E-state index >= 15 is 0 Å². The maximum absolute atomic E-state index is 5.61. The van der Waals surface area contributed by atoms with Crippen LogP contribution in [0.4, 0.5) is 0 Å². The van der Waals surface area contributed by atoms with E-state index < -0.39 is 0 Å². The molecule has 3 heteroatoms. The number of benzene rings is 1. The molecule has 0 fully saturated rings. The monoisotopic (exact) mass is 261 g/mol. The van der Waals surface area contributed by atoms with Crippen LogP contribution in [0.3, 0.4) is 0 Å². The Bertz CT molecular complexity index is 453. The third-order valence-corrected chi connectivity index (χ3v) is 3.69. The van der Waals surface area contributed by atoms with E-state index in [2.05, 4.69) is 23.7 Å². The summed E-state index contributed by atoms with van der Waals surface area (Å²) in [7, 11) is 0. The van der Waals surface area contributed by atoms with E-state index in [0.717, 1.165) is 25.3 Å². The van der Waals surface area contributed by atoms with E-state index in [-0.39, 0.29) is 0 Å². The van der Waals surface area contributed by atoms with Gasteiger partial charge in [0, 0.05) is 18.0 Å². The lowest BCUT2D eigenvalue weighted by atomic mass is 10.2. The van der Waals surface area contributed by atoms with Crippen molar-refractivity contribution in [3.05, 3.63) is 52.2 Å². The summed E-state index contributed by atoms with van der Waals surface area (Å²) in [4.78, 5) is 1.39. The first kappa shape index (κ1) is 13.1. The molecule has 0 radical (unpaired) electrons. The second-order valence-electron chi connectivity index (χ2n) is 4.11. The maximum atomic E-state index is 5.61. The van der Waals surface area contributed by atoms with Crippen molar-refractivity contribution >= 4 is 11.3 Å². The summed E-state index contributed by atoms with van der Waals surface area (Å²) in [5.74, 6) is 0.934. The first-order valence-corrected chi connectivity index (χ1v) is 7.21. The molecule has 0 atom stereocenters. The molecule has 2 rings (SSSR count). The summed E-state index contributed by atoms with van der Waals surface area (Å²) in [6, 6.07) is 12.2. The van der Waals surface area contributed by atoms with E-state index in [1.807, 2.05) is 41.7 Å². The maximum Gasteiger partial charge on any atom is 0.119 e. The molecule has 2 nitrogen and oxygen atoms in total. The normalized spacial score (nSPS) is 10.5. The molecule has 96 valence electrons. The van der Waals surface area contributed by atoms with Crippen LogP contribution >= 0.6 is 11.3 Å². The van der Waals surface area contributed by atoms with Crippen LogP contribution in [0.5, 0.6) is 5.75 Å². The zero-order chi connectivity index (χ0) is 12.6. The summed E-state index contributed by atoms with van der Waals surface area (Å²) in [5, 5.41) is 5.63. The van der Waals surface area contributed by atoms with Crippen molar-refractivity contribution in [3.63, 3.8) is 0 Å². The Hall–Kier alpha value is -1.32. The van der Waals surface area contributed by atoms with Gasteiger partial charge >= 0.3 is 0 Å². The molecule has 18 heavy (non-hydrogen) atoms. The van der Waals surface area contributed by atoms with Crippen LogP contribution in [-0.4, -0.2) is 13.2 Å².